The number of nitrogens with one attached hydrogen (secondary N) is 2. The maximum absolute atomic E-state index is 13.8. The van der Waals surface area contributed by atoms with Crippen molar-refractivity contribution in [2.45, 2.75) is 19.8 Å². The van der Waals surface area contributed by atoms with E-state index in [1.165, 1.54) is 12.1 Å². The normalized spacial score (nSPS) is 16.0. The number of anilines is 1. The number of amidine groups is 1. The lowest BCUT2D eigenvalue weighted by Gasteiger charge is -2.30. The maximum atomic E-state index is 13.8. The number of hydrogen-bond acceptors (Lipinski definition) is 2. The molecule has 0 atom stereocenters. The van der Waals surface area contributed by atoms with Gasteiger partial charge in [-0.15, -0.1) is 0 Å². The molecule has 1 aromatic carbocycles. The number of amides is 2. The Morgan fingerprint density at radius 3 is 2.65 bits per heavy atom. The molecule has 0 radical (unpaired) electrons. The fraction of sp³-hybridized carbons (Fsp3) is 0.429. The zero-order chi connectivity index (χ0) is 14.7. The lowest BCUT2D eigenvalue weighted by atomic mass is 10.00. The predicted octanol–water partition coefficient (Wildman–Crippen LogP) is 2.37. The van der Waals surface area contributed by atoms with Gasteiger partial charge in [0, 0.05) is 18.7 Å². The van der Waals surface area contributed by atoms with E-state index in [9.17, 15) is 9.18 Å². The summed E-state index contributed by atoms with van der Waals surface area (Å²) in [6, 6.07) is 3.80. The van der Waals surface area contributed by atoms with E-state index in [1.54, 1.807) is 4.90 Å². The van der Waals surface area contributed by atoms with Gasteiger partial charge >= 0.3 is 6.03 Å². The van der Waals surface area contributed by atoms with Crippen molar-refractivity contribution < 1.29 is 9.18 Å². The van der Waals surface area contributed by atoms with Crippen molar-refractivity contribution >= 4 is 17.6 Å². The minimum atomic E-state index is -0.587. The molecule has 2 amide bonds. The standard InChI is InChI=1S/C14H19FN4O/c1-9-4-6-19(7-5-9)14(20)18-12-3-2-10(13(16)17)8-11(12)15/h2-3,8-9H,4-7H2,1H3,(H3,16,17)(H,18,20). The Labute approximate surface area is 117 Å². The summed E-state index contributed by atoms with van der Waals surface area (Å²) < 4.78 is 13.8. The number of halogens is 1. The molecular formula is C14H19FN4O. The largest absolute Gasteiger partial charge is 0.384 e. The lowest BCUT2D eigenvalue weighted by molar-refractivity contribution is 0.186. The Kier molecular flexibility index (Phi) is 4.22. The number of carbonyl (C=O) groups excluding carboxylic acids is 1. The van der Waals surface area contributed by atoms with Gasteiger partial charge in [-0.1, -0.05) is 6.92 Å². The highest BCUT2D eigenvalue weighted by Crippen LogP contribution is 2.19. The second-order valence-corrected chi connectivity index (χ2v) is 5.21. The van der Waals surface area contributed by atoms with Gasteiger partial charge < -0.3 is 16.0 Å². The Bertz CT molecular complexity index is 524. The molecular weight excluding hydrogens is 259 g/mol. The van der Waals surface area contributed by atoms with Crippen molar-refractivity contribution in [2.24, 2.45) is 11.7 Å². The Hall–Kier alpha value is -2.11. The molecule has 2 rings (SSSR count). The van der Waals surface area contributed by atoms with Crippen LogP contribution in [0.2, 0.25) is 0 Å². The van der Waals surface area contributed by atoms with Crippen LogP contribution in [0.25, 0.3) is 0 Å². The van der Waals surface area contributed by atoms with Crippen molar-refractivity contribution in [2.75, 3.05) is 18.4 Å². The van der Waals surface area contributed by atoms with Gasteiger partial charge in [-0.2, -0.15) is 0 Å². The molecule has 0 aliphatic carbocycles. The minimum Gasteiger partial charge on any atom is -0.384 e. The fourth-order valence-electron chi connectivity index (χ4n) is 2.19. The molecule has 1 heterocycles. The van der Waals surface area contributed by atoms with Crippen LogP contribution < -0.4 is 11.1 Å². The first-order chi connectivity index (χ1) is 9.47. The second kappa shape index (κ2) is 5.90. The van der Waals surface area contributed by atoms with Gasteiger partial charge in [0.15, 0.2) is 0 Å². The van der Waals surface area contributed by atoms with Crippen LogP contribution in [0.4, 0.5) is 14.9 Å². The summed E-state index contributed by atoms with van der Waals surface area (Å²) in [5, 5.41) is 9.80. The Morgan fingerprint density at radius 1 is 1.45 bits per heavy atom. The van der Waals surface area contributed by atoms with Gasteiger partial charge in [0.25, 0.3) is 0 Å². The molecule has 1 aromatic rings. The second-order valence-electron chi connectivity index (χ2n) is 5.21. The van der Waals surface area contributed by atoms with Crippen LogP contribution in [0.3, 0.4) is 0 Å². The number of nitrogen functional groups attached to an aromatic ring is 1. The Morgan fingerprint density at radius 2 is 2.10 bits per heavy atom. The van der Waals surface area contributed by atoms with Crippen molar-refractivity contribution in [1.29, 1.82) is 5.41 Å². The monoisotopic (exact) mass is 278 g/mol. The number of benzene rings is 1. The van der Waals surface area contributed by atoms with Gasteiger partial charge in [-0.3, -0.25) is 5.41 Å². The summed E-state index contributed by atoms with van der Waals surface area (Å²) in [5.41, 5.74) is 5.69. The van der Waals surface area contributed by atoms with E-state index in [0.717, 1.165) is 18.9 Å². The maximum Gasteiger partial charge on any atom is 0.321 e. The summed E-state index contributed by atoms with van der Waals surface area (Å²) in [4.78, 5) is 13.7. The number of carbonyl (C=O) groups is 1. The highest BCUT2D eigenvalue weighted by Gasteiger charge is 2.21. The summed E-state index contributed by atoms with van der Waals surface area (Å²) in [6.07, 6.45) is 1.94. The first kappa shape index (κ1) is 14.3. The molecule has 1 aliphatic heterocycles. The molecule has 5 nitrogen and oxygen atoms in total. The summed E-state index contributed by atoms with van der Waals surface area (Å²) in [5.74, 6) is -0.158. The van der Waals surface area contributed by atoms with Crippen molar-refractivity contribution in [3.63, 3.8) is 0 Å². The van der Waals surface area contributed by atoms with Gasteiger partial charge in [0.2, 0.25) is 0 Å². The quantitative estimate of drug-likeness (QED) is 0.573. The van der Waals surface area contributed by atoms with Gasteiger partial charge in [0.1, 0.15) is 11.7 Å². The summed E-state index contributed by atoms with van der Waals surface area (Å²) in [7, 11) is 0. The number of likely N-dealkylation sites (tertiary alicyclic amines) is 1. The number of urea groups is 1. The highest BCUT2D eigenvalue weighted by atomic mass is 19.1. The molecule has 108 valence electrons. The van der Waals surface area contributed by atoms with Crippen molar-refractivity contribution in [1.82, 2.24) is 4.90 Å². The minimum absolute atomic E-state index is 0.110. The molecule has 20 heavy (non-hydrogen) atoms. The van der Waals surface area contributed by atoms with Crippen LogP contribution in [0.5, 0.6) is 0 Å². The zero-order valence-corrected chi connectivity index (χ0v) is 11.4. The van der Waals surface area contributed by atoms with E-state index in [-0.39, 0.29) is 17.6 Å². The number of nitrogens with two attached hydrogens (primary N) is 1. The van der Waals surface area contributed by atoms with Crippen molar-refractivity contribution in [3.05, 3.63) is 29.6 Å². The molecule has 6 heteroatoms. The summed E-state index contributed by atoms with van der Waals surface area (Å²) in [6.45, 7) is 3.55. The SMILES string of the molecule is CC1CCN(C(=O)Nc2ccc(C(=N)N)cc2F)CC1. The number of piperidine rings is 1. The summed E-state index contributed by atoms with van der Waals surface area (Å²) >= 11 is 0. The van der Waals surface area contributed by atoms with E-state index in [2.05, 4.69) is 12.2 Å². The van der Waals surface area contributed by atoms with E-state index in [1.807, 2.05) is 0 Å². The molecule has 1 fully saturated rings. The third-order valence-electron chi connectivity index (χ3n) is 3.59. The average molecular weight is 278 g/mol. The molecule has 0 unspecified atom stereocenters. The third-order valence-corrected chi connectivity index (χ3v) is 3.59. The van der Waals surface area contributed by atoms with Crippen LogP contribution in [-0.2, 0) is 0 Å². The van der Waals surface area contributed by atoms with E-state index in [0.29, 0.717) is 24.6 Å². The van der Waals surface area contributed by atoms with Crippen LogP contribution in [0, 0.1) is 17.1 Å². The lowest BCUT2D eigenvalue weighted by Crippen LogP contribution is -2.40. The molecule has 4 N–H and O–H groups in total. The van der Waals surface area contributed by atoms with E-state index >= 15 is 0 Å². The van der Waals surface area contributed by atoms with Gasteiger partial charge in [-0.25, -0.2) is 9.18 Å². The van der Waals surface area contributed by atoms with E-state index in [4.69, 9.17) is 11.1 Å². The van der Waals surface area contributed by atoms with E-state index < -0.39 is 5.82 Å². The predicted molar refractivity (Wildman–Crippen MR) is 76.4 cm³/mol. The molecule has 0 saturated carbocycles. The zero-order valence-electron chi connectivity index (χ0n) is 11.4. The number of rotatable bonds is 2. The smallest absolute Gasteiger partial charge is 0.321 e. The van der Waals surface area contributed by atoms with Gasteiger partial charge in [0.05, 0.1) is 5.69 Å². The molecule has 0 spiro atoms. The number of hydrogen-bond donors (Lipinski definition) is 3. The Balaban J connectivity index is 2.02. The first-order valence-corrected chi connectivity index (χ1v) is 6.67. The van der Waals surface area contributed by atoms with Crippen LogP contribution in [0.1, 0.15) is 25.3 Å². The average Bonchev–Trinajstić information content (AvgIpc) is 2.41. The van der Waals surface area contributed by atoms with Crippen molar-refractivity contribution in [3.8, 4) is 0 Å². The van der Waals surface area contributed by atoms with Crippen LogP contribution in [-0.4, -0.2) is 29.9 Å². The van der Waals surface area contributed by atoms with Gasteiger partial charge in [-0.05, 0) is 37.0 Å². The fourth-order valence-corrected chi connectivity index (χ4v) is 2.19. The number of nitrogens with zero attached hydrogens (tertiary/aromatic N) is 1. The molecule has 0 aromatic heterocycles. The van der Waals surface area contributed by atoms with Crippen LogP contribution >= 0.6 is 0 Å². The third kappa shape index (κ3) is 3.26. The van der Waals surface area contributed by atoms with Crippen LogP contribution in [0.15, 0.2) is 18.2 Å². The molecule has 1 saturated heterocycles. The first-order valence-electron chi connectivity index (χ1n) is 6.67. The topological polar surface area (TPSA) is 82.2 Å². The highest BCUT2D eigenvalue weighted by molar-refractivity contribution is 5.96. The molecule has 0 bridgehead atoms. The molecule has 1 aliphatic rings.